The topological polar surface area (TPSA) is 46.2 Å². The minimum absolute atomic E-state index is 0.120. The lowest BCUT2D eigenvalue weighted by Crippen LogP contribution is -2.47. The van der Waals surface area contributed by atoms with Crippen molar-refractivity contribution in [2.24, 2.45) is 0 Å². The van der Waals surface area contributed by atoms with Crippen molar-refractivity contribution in [3.8, 4) is 0 Å². The summed E-state index contributed by atoms with van der Waals surface area (Å²) < 4.78 is 26.1. The lowest BCUT2D eigenvalue weighted by molar-refractivity contribution is 0.353. The number of nitrogens with one attached hydrogen (secondary N) is 1. The molecule has 24 heavy (non-hydrogen) atoms. The van der Waals surface area contributed by atoms with E-state index in [0.29, 0.717) is 4.90 Å². The monoisotopic (exact) mass is 343 g/mol. The maximum atomic E-state index is 13.1. The molecule has 0 fully saturated rings. The van der Waals surface area contributed by atoms with E-state index < -0.39 is 15.4 Å². The van der Waals surface area contributed by atoms with E-state index in [2.05, 4.69) is 17.4 Å². The molecule has 0 saturated heterocycles. The Bertz CT molecular complexity index is 859. The number of fused-ring (bicyclic) bond motifs is 1. The van der Waals surface area contributed by atoms with Crippen molar-refractivity contribution in [1.29, 1.82) is 0 Å². The highest BCUT2D eigenvalue weighted by Crippen LogP contribution is 2.37. The van der Waals surface area contributed by atoms with Gasteiger partial charge in [-0.1, -0.05) is 43.3 Å². The Morgan fingerprint density at radius 3 is 2.38 bits per heavy atom. The maximum absolute atomic E-state index is 13.1. The van der Waals surface area contributed by atoms with Crippen LogP contribution in [-0.4, -0.2) is 19.7 Å². The molecule has 1 aliphatic heterocycles. The highest BCUT2D eigenvalue weighted by Gasteiger charge is 2.39. The predicted octanol–water partition coefficient (Wildman–Crippen LogP) is 3.94. The molecule has 0 aliphatic carbocycles. The van der Waals surface area contributed by atoms with Gasteiger partial charge in [-0.3, -0.25) is 5.32 Å². The fourth-order valence-electron chi connectivity index (χ4n) is 3.38. The van der Waals surface area contributed by atoms with Crippen LogP contribution in [0.15, 0.2) is 47.4 Å². The van der Waals surface area contributed by atoms with Crippen LogP contribution >= 0.6 is 0 Å². The standard InChI is InChI=1S/C20H25NO2S/c1-5-20(4)13-24(22,23)18-12-15(3)14(2)11-17(18)19(21-20)16-9-7-6-8-10-16/h6-12,19,21H,5,13H2,1-4H3/t19-,20+/m1/s1. The minimum Gasteiger partial charge on any atom is -0.300 e. The molecule has 4 heteroatoms. The molecule has 1 aliphatic rings. The van der Waals surface area contributed by atoms with Gasteiger partial charge in [0.1, 0.15) is 0 Å². The minimum atomic E-state index is -3.34. The second-order valence-corrected chi connectivity index (χ2v) is 9.09. The molecule has 2 aromatic rings. The van der Waals surface area contributed by atoms with Gasteiger partial charge in [-0.25, -0.2) is 8.42 Å². The van der Waals surface area contributed by atoms with Crippen molar-refractivity contribution in [1.82, 2.24) is 5.32 Å². The summed E-state index contributed by atoms with van der Waals surface area (Å²) in [6.07, 6.45) is 0.752. The van der Waals surface area contributed by atoms with Crippen molar-refractivity contribution in [2.45, 2.75) is 50.6 Å². The van der Waals surface area contributed by atoms with E-state index in [9.17, 15) is 8.42 Å². The zero-order valence-corrected chi connectivity index (χ0v) is 15.6. The van der Waals surface area contributed by atoms with Crippen molar-refractivity contribution >= 4 is 9.84 Å². The molecule has 3 nitrogen and oxygen atoms in total. The van der Waals surface area contributed by atoms with Gasteiger partial charge in [0.05, 0.1) is 16.7 Å². The zero-order chi connectivity index (χ0) is 17.5. The Morgan fingerprint density at radius 2 is 1.75 bits per heavy atom. The number of hydrogen-bond acceptors (Lipinski definition) is 3. The van der Waals surface area contributed by atoms with Crippen LogP contribution in [0.2, 0.25) is 0 Å². The van der Waals surface area contributed by atoms with Gasteiger partial charge in [0.2, 0.25) is 0 Å². The lowest BCUT2D eigenvalue weighted by atomic mass is 9.92. The van der Waals surface area contributed by atoms with E-state index >= 15 is 0 Å². The van der Waals surface area contributed by atoms with E-state index in [1.54, 1.807) is 0 Å². The number of rotatable bonds is 2. The fraction of sp³-hybridized carbons (Fsp3) is 0.400. The van der Waals surface area contributed by atoms with Gasteiger partial charge in [0, 0.05) is 5.54 Å². The molecule has 1 heterocycles. The first-order chi connectivity index (χ1) is 11.3. The van der Waals surface area contributed by atoms with Crippen LogP contribution < -0.4 is 5.32 Å². The SMILES string of the molecule is CC[C@@]1(C)CS(=O)(=O)c2cc(C)c(C)cc2[C@@H](c2ccccc2)N1. The Hall–Kier alpha value is -1.65. The third-order valence-corrected chi connectivity index (χ3v) is 7.23. The Balaban J connectivity index is 2.30. The van der Waals surface area contributed by atoms with Crippen molar-refractivity contribution in [3.63, 3.8) is 0 Å². The number of sulfone groups is 1. The summed E-state index contributed by atoms with van der Waals surface area (Å²) in [4.78, 5) is 0.476. The van der Waals surface area contributed by atoms with E-state index in [1.165, 1.54) is 0 Å². The van der Waals surface area contributed by atoms with Gasteiger partial charge in [-0.15, -0.1) is 0 Å². The van der Waals surface area contributed by atoms with Crippen molar-refractivity contribution in [2.75, 3.05) is 5.75 Å². The molecule has 0 bridgehead atoms. The molecule has 2 atom stereocenters. The van der Waals surface area contributed by atoms with Crippen LogP contribution in [-0.2, 0) is 9.84 Å². The summed E-state index contributed by atoms with van der Waals surface area (Å²) in [7, 11) is -3.34. The molecule has 0 saturated carbocycles. The second kappa shape index (κ2) is 6.01. The van der Waals surface area contributed by atoms with Crippen LogP contribution in [0.4, 0.5) is 0 Å². The highest BCUT2D eigenvalue weighted by atomic mass is 32.2. The third-order valence-electron chi connectivity index (χ3n) is 5.19. The average Bonchev–Trinajstić information content (AvgIpc) is 2.63. The van der Waals surface area contributed by atoms with E-state index in [4.69, 9.17) is 0 Å². The first kappa shape index (κ1) is 17.2. The predicted molar refractivity (Wildman–Crippen MR) is 98.1 cm³/mol. The lowest BCUT2D eigenvalue weighted by Gasteiger charge is -2.32. The van der Waals surface area contributed by atoms with Gasteiger partial charge in [-0.05, 0) is 55.5 Å². The summed E-state index contributed by atoms with van der Waals surface area (Å²) in [5.74, 6) is 0.120. The summed E-state index contributed by atoms with van der Waals surface area (Å²) >= 11 is 0. The summed E-state index contributed by atoms with van der Waals surface area (Å²) in [6.45, 7) is 8.05. The van der Waals surface area contributed by atoms with Crippen LogP contribution in [0.1, 0.15) is 48.6 Å². The summed E-state index contributed by atoms with van der Waals surface area (Å²) in [6, 6.07) is 13.9. The van der Waals surface area contributed by atoms with Crippen molar-refractivity contribution < 1.29 is 8.42 Å². The Kier molecular flexibility index (Phi) is 4.30. The molecule has 3 rings (SSSR count). The van der Waals surface area contributed by atoms with E-state index in [-0.39, 0.29) is 11.8 Å². The maximum Gasteiger partial charge on any atom is 0.180 e. The number of benzene rings is 2. The highest BCUT2D eigenvalue weighted by molar-refractivity contribution is 7.91. The molecular weight excluding hydrogens is 318 g/mol. The molecule has 0 radical (unpaired) electrons. The van der Waals surface area contributed by atoms with Gasteiger partial charge in [0.15, 0.2) is 9.84 Å². The molecule has 0 spiro atoms. The van der Waals surface area contributed by atoms with Crippen molar-refractivity contribution in [3.05, 3.63) is 64.7 Å². The zero-order valence-electron chi connectivity index (χ0n) is 14.8. The molecule has 0 aromatic heterocycles. The molecule has 1 N–H and O–H groups in total. The van der Waals surface area contributed by atoms with Gasteiger partial charge in [0.25, 0.3) is 0 Å². The van der Waals surface area contributed by atoms with Gasteiger partial charge in [-0.2, -0.15) is 0 Å². The van der Waals surface area contributed by atoms with Crippen LogP contribution in [0.5, 0.6) is 0 Å². The average molecular weight is 343 g/mol. The van der Waals surface area contributed by atoms with Crippen LogP contribution in [0.25, 0.3) is 0 Å². The van der Waals surface area contributed by atoms with Gasteiger partial charge < -0.3 is 0 Å². The normalized spacial score (nSPS) is 25.8. The Labute approximate surface area is 145 Å². The summed E-state index contributed by atoms with van der Waals surface area (Å²) in [5.41, 5.74) is 3.64. The third kappa shape index (κ3) is 3.01. The van der Waals surface area contributed by atoms with Gasteiger partial charge >= 0.3 is 0 Å². The first-order valence-corrected chi connectivity index (χ1v) is 10.1. The van der Waals surface area contributed by atoms with E-state index in [0.717, 1.165) is 28.7 Å². The number of aryl methyl sites for hydroxylation is 2. The molecule has 2 aromatic carbocycles. The Morgan fingerprint density at radius 1 is 1.12 bits per heavy atom. The smallest absolute Gasteiger partial charge is 0.180 e. The van der Waals surface area contributed by atoms with Crippen LogP contribution in [0, 0.1) is 13.8 Å². The molecule has 0 amide bonds. The summed E-state index contributed by atoms with van der Waals surface area (Å²) in [5, 5.41) is 3.64. The second-order valence-electron chi connectivity index (χ2n) is 7.14. The molecular formula is C20H25NO2S. The van der Waals surface area contributed by atoms with Crippen LogP contribution in [0.3, 0.4) is 0 Å². The molecule has 0 unspecified atom stereocenters. The number of hydrogen-bond donors (Lipinski definition) is 1. The largest absolute Gasteiger partial charge is 0.300 e. The first-order valence-electron chi connectivity index (χ1n) is 8.42. The fourth-order valence-corrected chi connectivity index (χ4v) is 5.56. The van der Waals surface area contributed by atoms with E-state index in [1.807, 2.05) is 58.0 Å². The quantitative estimate of drug-likeness (QED) is 0.898. The molecule has 128 valence electrons.